The van der Waals surface area contributed by atoms with Crippen molar-refractivity contribution in [2.24, 2.45) is 5.92 Å². The lowest BCUT2D eigenvalue weighted by Crippen LogP contribution is -2.30. The molecule has 9 nitrogen and oxygen atoms in total. The van der Waals surface area contributed by atoms with Gasteiger partial charge in [-0.25, -0.2) is 15.0 Å². The Morgan fingerprint density at radius 2 is 2.19 bits per heavy atom. The number of aromatic nitrogens is 4. The number of hydrogen-bond donors (Lipinski definition) is 3. The summed E-state index contributed by atoms with van der Waals surface area (Å²) in [6, 6.07) is 0. The Balaban J connectivity index is 1.56. The van der Waals surface area contributed by atoms with Crippen LogP contribution in [0.3, 0.4) is 0 Å². The van der Waals surface area contributed by atoms with Gasteiger partial charge in [0, 0.05) is 13.2 Å². The molecule has 2 fully saturated rings. The maximum atomic E-state index is 10.2. The molecule has 0 spiro atoms. The van der Waals surface area contributed by atoms with E-state index in [-0.39, 0.29) is 0 Å². The third-order valence-electron chi connectivity index (χ3n) is 4.85. The first-order chi connectivity index (χ1) is 12.7. The van der Waals surface area contributed by atoms with Gasteiger partial charge in [-0.2, -0.15) is 0 Å². The van der Waals surface area contributed by atoms with Gasteiger partial charge in [-0.1, -0.05) is 5.92 Å². The van der Waals surface area contributed by atoms with E-state index in [1.54, 1.807) is 4.57 Å². The van der Waals surface area contributed by atoms with E-state index in [9.17, 15) is 10.2 Å². The minimum atomic E-state index is -1.17. The van der Waals surface area contributed by atoms with Crippen LogP contribution in [0.5, 0.6) is 0 Å². The van der Waals surface area contributed by atoms with Crippen molar-refractivity contribution in [1.82, 2.24) is 19.5 Å². The predicted molar refractivity (Wildman–Crippen MR) is 92.1 cm³/mol. The molecular formula is C17H21N5O4. The number of terminal acetylenes is 1. The summed E-state index contributed by atoms with van der Waals surface area (Å²) >= 11 is 0. The second-order valence-electron chi connectivity index (χ2n) is 6.61. The topological polar surface area (TPSA) is 115 Å². The maximum absolute atomic E-state index is 10.2. The first-order valence-electron chi connectivity index (χ1n) is 8.66. The molecule has 2 saturated heterocycles. The quantitative estimate of drug-likeness (QED) is 0.650. The van der Waals surface area contributed by atoms with E-state index < -0.39 is 24.5 Å². The van der Waals surface area contributed by atoms with Crippen molar-refractivity contribution >= 4 is 17.0 Å². The molecule has 26 heavy (non-hydrogen) atoms. The Labute approximate surface area is 150 Å². The molecule has 5 atom stereocenters. The van der Waals surface area contributed by atoms with Gasteiger partial charge in [0.05, 0.1) is 12.9 Å². The number of rotatable bonds is 4. The van der Waals surface area contributed by atoms with Crippen molar-refractivity contribution in [2.45, 2.75) is 37.4 Å². The van der Waals surface area contributed by atoms with Crippen LogP contribution in [0.15, 0.2) is 12.7 Å². The average molecular weight is 359 g/mol. The van der Waals surface area contributed by atoms with E-state index in [4.69, 9.17) is 15.9 Å². The Bertz CT molecular complexity index is 813. The second kappa shape index (κ2) is 7.17. The van der Waals surface area contributed by atoms with Gasteiger partial charge >= 0.3 is 0 Å². The van der Waals surface area contributed by atoms with Gasteiger partial charge in [-0.3, -0.25) is 4.57 Å². The van der Waals surface area contributed by atoms with Crippen LogP contribution in [0.1, 0.15) is 19.1 Å². The van der Waals surface area contributed by atoms with Crippen LogP contribution in [0.4, 0.5) is 5.82 Å². The molecule has 0 aliphatic carbocycles. The number of hydrogen-bond acceptors (Lipinski definition) is 8. The molecule has 5 unspecified atom stereocenters. The Morgan fingerprint density at radius 3 is 2.92 bits per heavy atom. The molecule has 0 bridgehead atoms. The average Bonchev–Trinajstić information content (AvgIpc) is 3.23. The molecule has 2 aliphatic rings. The third-order valence-corrected chi connectivity index (χ3v) is 4.85. The largest absolute Gasteiger partial charge is 0.386 e. The Morgan fingerprint density at radius 1 is 1.31 bits per heavy atom. The first-order valence-corrected chi connectivity index (χ1v) is 8.66. The highest BCUT2D eigenvalue weighted by Gasteiger charge is 2.43. The smallest absolute Gasteiger partial charge is 0.167 e. The van der Waals surface area contributed by atoms with Gasteiger partial charge in [0.2, 0.25) is 0 Å². The number of nitrogens with zero attached hydrogens (tertiary/aromatic N) is 4. The predicted octanol–water partition coefficient (Wildman–Crippen LogP) is -0.0828. The molecule has 0 radical (unpaired) electrons. The van der Waals surface area contributed by atoms with Gasteiger partial charge in [0.25, 0.3) is 0 Å². The van der Waals surface area contributed by atoms with Crippen LogP contribution in [0.2, 0.25) is 0 Å². The van der Waals surface area contributed by atoms with E-state index in [2.05, 4.69) is 26.2 Å². The number of anilines is 1. The number of fused-ring (bicyclic) bond motifs is 1. The molecular weight excluding hydrogens is 338 g/mol. The number of imidazole rings is 1. The van der Waals surface area contributed by atoms with E-state index in [1.807, 2.05) is 0 Å². The standard InChI is InChI=1S/C17H21N5O4/c1-2-11-13(23)14(24)17(26-11)22-9-21-12-15(19-8-20-16(12)22)18-6-10-4-3-5-25-7-10/h1,8-11,13-14,17,23-24H,3-7H2,(H,18,19,20). The van der Waals surface area contributed by atoms with Gasteiger partial charge in [0.1, 0.15) is 24.6 Å². The number of aliphatic hydroxyl groups is 2. The van der Waals surface area contributed by atoms with Crippen molar-refractivity contribution in [1.29, 1.82) is 0 Å². The van der Waals surface area contributed by atoms with Crippen LogP contribution < -0.4 is 5.32 Å². The van der Waals surface area contributed by atoms with E-state index in [1.165, 1.54) is 12.7 Å². The van der Waals surface area contributed by atoms with Gasteiger partial charge in [-0.05, 0) is 18.8 Å². The SMILES string of the molecule is C#CC1OC(n2cnc3c(NCC4CCCOC4)ncnc32)C(O)C1O. The maximum Gasteiger partial charge on any atom is 0.167 e. The van der Waals surface area contributed by atoms with Gasteiger partial charge in [-0.15, -0.1) is 6.42 Å². The molecule has 0 amide bonds. The van der Waals surface area contributed by atoms with Crippen molar-refractivity contribution in [3.05, 3.63) is 12.7 Å². The molecule has 0 aromatic carbocycles. The molecule has 3 N–H and O–H groups in total. The van der Waals surface area contributed by atoms with Gasteiger partial charge < -0.3 is 25.0 Å². The normalized spacial score (nSPS) is 31.8. The summed E-state index contributed by atoms with van der Waals surface area (Å²) in [5, 5.41) is 23.5. The number of ether oxygens (including phenoxy) is 2. The van der Waals surface area contributed by atoms with E-state index in [0.29, 0.717) is 22.9 Å². The first kappa shape index (κ1) is 17.2. The molecule has 0 saturated carbocycles. The summed E-state index contributed by atoms with van der Waals surface area (Å²) in [6.45, 7) is 2.30. The van der Waals surface area contributed by atoms with E-state index in [0.717, 1.165) is 32.6 Å². The van der Waals surface area contributed by atoms with Gasteiger partial charge in [0.15, 0.2) is 23.2 Å². The fourth-order valence-electron chi connectivity index (χ4n) is 3.40. The number of nitrogens with one attached hydrogen (secondary N) is 1. The molecule has 4 heterocycles. The lowest BCUT2D eigenvalue weighted by Gasteiger charge is -2.22. The number of aliphatic hydroxyl groups excluding tert-OH is 2. The lowest BCUT2D eigenvalue weighted by molar-refractivity contribution is -0.0230. The summed E-state index contributed by atoms with van der Waals surface area (Å²) in [6.07, 6.45) is 6.39. The summed E-state index contributed by atoms with van der Waals surface area (Å²) in [5.41, 5.74) is 1.06. The second-order valence-corrected chi connectivity index (χ2v) is 6.61. The molecule has 9 heteroatoms. The highest BCUT2D eigenvalue weighted by molar-refractivity contribution is 5.82. The summed E-state index contributed by atoms with van der Waals surface area (Å²) in [4.78, 5) is 12.9. The highest BCUT2D eigenvalue weighted by atomic mass is 16.6. The summed E-state index contributed by atoms with van der Waals surface area (Å²) in [7, 11) is 0. The molecule has 2 aliphatic heterocycles. The minimum Gasteiger partial charge on any atom is -0.386 e. The zero-order valence-corrected chi connectivity index (χ0v) is 14.2. The van der Waals surface area contributed by atoms with E-state index >= 15 is 0 Å². The fourth-order valence-corrected chi connectivity index (χ4v) is 3.40. The lowest BCUT2D eigenvalue weighted by atomic mass is 10.0. The zero-order chi connectivity index (χ0) is 18.1. The van der Waals surface area contributed by atoms with Crippen molar-refractivity contribution in [2.75, 3.05) is 25.1 Å². The van der Waals surface area contributed by atoms with Crippen molar-refractivity contribution in [3.63, 3.8) is 0 Å². The van der Waals surface area contributed by atoms with Crippen molar-refractivity contribution in [3.8, 4) is 12.3 Å². The third kappa shape index (κ3) is 3.01. The highest BCUT2D eigenvalue weighted by Crippen LogP contribution is 2.32. The van der Waals surface area contributed by atoms with Crippen molar-refractivity contribution < 1.29 is 19.7 Å². The van der Waals surface area contributed by atoms with Crippen LogP contribution in [-0.2, 0) is 9.47 Å². The minimum absolute atomic E-state index is 0.433. The zero-order valence-electron chi connectivity index (χ0n) is 14.2. The van der Waals surface area contributed by atoms with Crippen LogP contribution in [-0.4, -0.2) is 67.8 Å². The summed E-state index contributed by atoms with van der Waals surface area (Å²) in [5.74, 6) is 3.37. The van der Waals surface area contributed by atoms with Crippen LogP contribution in [0, 0.1) is 18.3 Å². The fraction of sp³-hybridized carbons (Fsp3) is 0.588. The van der Waals surface area contributed by atoms with Crippen LogP contribution >= 0.6 is 0 Å². The Hall–Kier alpha value is -2.25. The monoisotopic (exact) mass is 359 g/mol. The molecule has 2 aromatic heterocycles. The Kier molecular flexibility index (Phi) is 4.74. The summed E-state index contributed by atoms with van der Waals surface area (Å²) < 4.78 is 12.6. The van der Waals surface area contributed by atoms with Crippen LogP contribution in [0.25, 0.3) is 11.2 Å². The molecule has 138 valence electrons. The molecule has 2 aromatic rings. The molecule has 4 rings (SSSR count).